The summed E-state index contributed by atoms with van der Waals surface area (Å²) in [5.74, 6) is -0.365. The van der Waals surface area contributed by atoms with Crippen molar-refractivity contribution in [3.63, 3.8) is 0 Å². The third kappa shape index (κ3) is 2.00. The normalized spacial score (nSPS) is 46.4. The largest absolute Gasteiger partial charge is 0.396 e. The van der Waals surface area contributed by atoms with Crippen molar-refractivity contribution in [2.75, 3.05) is 13.7 Å². The second-order valence-electron chi connectivity index (χ2n) is 3.55. The number of aliphatic hydroxyl groups excluding tert-OH is 4. The summed E-state index contributed by atoms with van der Waals surface area (Å²) < 4.78 is 0. The fraction of sp³-hybridized carbons (Fsp3) is 1.00. The van der Waals surface area contributed by atoms with Crippen molar-refractivity contribution >= 4 is 0 Å². The summed E-state index contributed by atoms with van der Waals surface area (Å²) >= 11 is 0. The Bertz CT molecular complexity index is 146. The highest BCUT2D eigenvalue weighted by Crippen LogP contribution is 2.25. The minimum atomic E-state index is -1.18. The van der Waals surface area contributed by atoms with Crippen molar-refractivity contribution in [2.45, 2.75) is 30.8 Å². The lowest BCUT2D eigenvalue weighted by molar-refractivity contribution is -0.129. The molecule has 13 heavy (non-hydrogen) atoms. The number of rotatable bonds is 2. The van der Waals surface area contributed by atoms with Gasteiger partial charge in [-0.1, -0.05) is 0 Å². The zero-order chi connectivity index (χ0) is 10.0. The molecule has 78 valence electrons. The molecule has 0 spiro atoms. The Hall–Kier alpha value is -0.200. The van der Waals surface area contributed by atoms with Gasteiger partial charge in [-0.05, 0) is 13.5 Å². The highest BCUT2D eigenvalue weighted by atomic mass is 16.4. The van der Waals surface area contributed by atoms with Gasteiger partial charge in [0.25, 0.3) is 0 Å². The van der Waals surface area contributed by atoms with E-state index in [9.17, 15) is 15.3 Å². The van der Waals surface area contributed by atoms with E-state index >= 15 is 0 Å². The molecule has 1 aliphatic rings. The molecule has 5 N–H and O–H groups in total. The number of nitrogens with one attached hydrogen (secondary N) is 1. The molecule has 1 saturated carbocycles. The number of hydrogen-bond acceptors (Lipinski definition) is 5. The smallest absolute Gasteiger partial charge is 0.108 e. The van der Waals surface area contributed by atoms with Gasteiger partial charge in [-0.2, -0.15) is 0 Å². The van der Waals surface area contributed by atoms with E-state index in [2.05, 4.69) is 5.32 Å². The van der Waals surface area contributed by atoms with Crippen LogP contribution in [0.2, 0.25) is 0 Å². The molecule has 1 rings (SSSR count). The molecule has 1 aliphatic carbocycles. The lowest BCUT2D eigenvalue weighted by Gasteiger charge is -2.39. The lowest BCUT2D eigenvalue weighted by Crippen LogP contribution is -2.58. The SMILES string of the molecule is CNC1CC(CO)C(O)C(O)C1O. The van der Waals surface area contributed by atoms with Crippen molar-refractivity contribution in [3.8, 4) is 0 Å². The Balaban J connectivity index is 2.66. The molecule has 5 heteroatoms. The average Bonchev–Trinajstić information content (AvgIpc) is 2.15. The van der Waals surface area contributed by atoms with Crippen LogP contribution in [0, 0.1) is 5.92 Å². The molecule has 0 bridgehead atoms. The van der Waals surface area contributed by atoms with Crippen molar-refractivity contribution in [1.82, 2.24) is 5.32 Å². The van der Waals surface area contributed by atoms with E-state index in [1.54, 1.807) is 7.05 Å². The first-order valence-corrected chi connectivity index (χ1v) is 4.44. The van der Waals surface area contributed by atoms with Gasteiger partial charge in [-0.25, -0.2) is 0 Å². The molecule has 0 aromatic heterocycles. The van der Waals surface area contributed by atoms with Crippen LogP contribution < -0.4 is 5.32 Å². The topological polar surface area (TPSA) is 93.0 Å². The van der Waals surface area contributed by atoms with E-state index in [0.717, 1.165) is 0 Å². The van der Waals surface area contributed by atoms with Crippen molar-refractivity contribution in [2.24, 2.45) is 5.92 Å². The van der Waals surface area contributed by atoms with Gasteiger partial charge in [0.1, 0.15) is 6.10 Å². The second kappa shape index (κ2) is 4.34. The van der Waals surface area contributed by atoms with Gasteiger partial charge >= 0.3 is 0 Å². The number of aliphatic hydroxyl groups is 4. The standard InChI is InChI=1S/C8H17NO4/c1-9-5-2-4(3-10)6(11)8(13)7(5)12/h4-13H,2-3H2,1H3. The Morgan fingerprint density at radius 1 is 1.15 bits per heavy atom. The maximum atomic E-state index is 9.47. The monoisotopic (exact) mass is 191 g/mol. The highest BCUT2D eigenvalue weighted by Gasteiger charge is 2.41. The molecule has 5 nitrogen and oxygen atoms in total. The molecule has 1 fully saturated rings. The maximum Gasteiger partial charge on any atom is 0.108 e. The minimum absolute atomic E-state index is 0.177. The first kappa shape index (κ1) is 10.9. The van der Waals surface area contributed by atoms with Crippen LogP contribution in [0.1, 0.15) is 6.42 Å². The van der Waals surface area contributed by atoms with E-state index in [0.29, 0.717) is 6.42 Å². The van der Waals surface area contributed by atoms with Crippen LogP contribution in [0.4, 0.5) is 0 Å². The number of likely N-dealkylation sites (N-methyl/N-ethyl adjacent to an activating group) is 1. The summed E-state index contributed by atoms with van der Waals surface area (Å²) in [5.41, 5.74) is 0. The van der Waals surface area contributed by atoms with Crippen LogP contribution in [-0.4, -0.2) is 58.4 Å². The minimum Gasteiger partial charge on any atom is -0.396 e. The maximum absolute atomic E-state index is 9.47. The summed E-state index contributed by atoms with van der Waals surface area (Å²) in [4.78, 5) is 0. The van der Waals surface area contributed by atoms with E-state index in [1.807, 2.05) is 0 Å². The van der Waals surface area contributed by atoms with E-state index in [-0.39, 0.29) is 18.6 Å². The molecule has 0 radical (unpaired) electrons. The van der Waals surface area contributed by atoms with Crippen molar-refractivity contribution < 1.29 is 20.4 Å². The molecule has 5 unspecified atom stereocenters. The Morgan fingerprint density at radius 3 is 2.23 bits per heavy atom. The lowest BCUT2D eigenvalue weighted by atomic mass is 9.80. The molecule has 0 aromatic carbocycles. The van der Waals surface area contributed by atoms with Gasteiger partial charge in [0, 0.05) is 18.6 Å². The first-order chi connectivity index (χ1) is 6.11. The Labute approximate surface area is 77.0 Å². The van der Waals surface area contributed by atoms with Crippen LogP contribution in [0.3, 0.4) is 0 Å². The quantitative estimate of drug-likeness (QED) is 0.337. The van der Waals surface area contributed by atoms with Gasteiger partial charge in [0.05, 0.1) is 12.2 Å². The van der Waals surface area contributed by atoms with Gasteiger partial charge in [0.15, 0.2) is 0 Å². The summed E-state index contributed by atoms with van der Waals surface area (Å²) in [6.07, 6.45) is -2.72. The van der Waals surface area contributed by atoms with Crippen LogP contribution in [0.25, 0.3) is 0 Å². The van der Waals surface area contributed by atoms with Gasteiger partial charge in [-0.3, -0.25) is 0 Å². The van der Waals surface area contributed by atoms with E-state index in [1.165, 1.54) is 0 Å². The molecule has 0 saturated heterocycles. The summed E-state index contributed by atoms with van der Waals surface area (Å²) in [5, 5.41) is 40.0. The second-order valence-corrected chi connectivity index (χ2v) is 3.55. The Kier molecular flexibility index (Phi) is 3.63. The van der Waals surface area contributed by atoms with E-state index < -0.39 is 18.3 Å². The molecule has 5 atom stereocenters. The fourth-order valence-corrected chi connectivity index (χ4v) is 1.80. The zero-order valence-corrected chi connectivity index (χ0v) is 7.59. The van der Waals surface area contributed by atoms with Crippen LogP contribution in [0.5, 0.6) is 0 Å². The van der Waals surface area contributed by atoms with Crippen molar-refractivity contribution in [1.29, 1.82) is 0 Å². The fourth-order valence-electron chi connectivity index (χ4n) is 1.80. The molecular formula is C8H17NO4. The molecule has 0 amide bonds. The third-order valence-corrected chi connectivity index (χ3v) is 2.76. The predicted molar refractivity (Wildman–Crippen MR) is 46.1 cm³/mol. The van der Waals surface area contributed by atoms with Crippen LogP contribution in [-0.2, 0) is 0 Å². The van der Waals surface area contributed by atoms with Gasteiger partial charge in [0.2, 0.25) is 0 Å². The zero-order valence-electron chi connectivity index (χ0n) is 7.59. The third-order valence-electron chi connectivity index (χ3n) is 2.76. The van der Waals surface area contributed by atoms with Crippen LogP contribution >= 0.6 is 0 Å². The summed E-state index contributed by atoms with van der Waals surface area (Å²) in [6, 6.07) is -0.268. The van der Waals surface area contributed by atoms with E-state index in [4.69, 9.17) is 5.11 Å². The Morgan fingerprint density at radius 2 is 1.77 bits per heavy atom. The van der Waals surface area contributed by atoms with Gasteiger partial charge < -0.3 is 25.7 Å². The van der Waals surface area contributed by atoms with Gasteiger partial charge in [-0.15, -0.1) is 0 Å². The summed E-state index contributed by atoms with van der Waals surface area (Å²) in [7, 11) is 1.67. The van der Waals surface area contributed by atoms with Crippen LogP contribution in [0.15, 0.2) is 0 Å². The summed E-state index contributed by atoms with van der Waals surface area (Å²) in [6.45, 7) is -0.177. The number of hydrogen-bond donors (Lipinski definition) is 5. The first-order valence-electron chi connectivity index (χ1n) is 4.44. The molecule has 0 aliphatic heterocycles. The average molecular weight is 191 g/mol. The highest BCUT2D eigenvalue weighted by molar-refractivity contribution is 4.95. The molecule has 0 aromatic rings. The van der Waals surface area contributed by atoms with Crippen molar-refractivity contribution in [3.05, 3.63) is 0 Å². The molecular weight excluding hydrogens is 174 g/mol. The predicted octanol–water partition coefficient (Wildman–Crippen LogP) is -2.33. The molecule has 0 heterocycles.